The van der Waals surface area contributed by atoms with Crippen molar-refractivity contribution in [2.45, 2.75) is 13.5 Å². The van der Waals surface area contributed by atoms with Gasteiger partial charge in [-0.15, -0.1) is 0 Å². The molecule has 1 fully saturated rings. The Morgan fingerprint density at radius 2 is 1.68 bits per heavy atom. The highest BCUT2D eigenvalue weighted by Gasteiger charge is 2.27. The van der Waals surface area contributed by atoms with Gasteiger partial charge in [0.25, 0.3) is 5.91 Å². The molecule has 0 saturated carbocycles. The van der Waals surface area contributed by atoms with E-state index in [-0.39, 0.29) is 42.4 Å². The third kappa shape index (κ3) is 4.76. The second kappa shape index (κ2) is 8.69. The number of benzene rings is 1. The highest BCUT2D eigenvalue weighted by molar-refractivity contribution is 5.91. The molecule has 8 heteroatoms. The van der Waals surface area contributed by atoms with E-state index >= 15 is 0 Å². The lowest BCUT2D eigenvalue weighted by Crippen LogP contribution is -2.52. The second-order valence-corrected chi connectivity index (χ2v) is 6.65. The average molecular weight is 387 g/mol. The first-order valence-corrected chi connectivity index (χ1v) is 9.04. The Hall–Kier alpha value is -3.16. The van der Waals surface area contributed by atoms with Gasteiger partial charge in [-0.05, 0) is 29.8 Å². The van der Waals surface area contributed by atoms with Crippen LogP contribution in [0.25, 0.3) is 0 Å². The average Bonchev–Trinajstić information content (AvgIpc) is 3.23. The van der Waals surface area contributed by atoms with Crippen LogP contribution >= 0.6 is 0 Å². The Morgan fingerprint density at radius 3 is 2.25 bits per heavy atom. The van der Waals surface area contributed by atoms with Gasteiger partial charge < -0.3 is 19.1 Å². The van der Waals surface area contributed by atoms with Crippen LogP contribution in [0, 0.1) is 5.82 Å². The highest BCUT2D eigenvalue weighted by Crippen LogP contribution is 2.11. The Morgan fingerprint density at radius 1 is 1.04 bits per heavy atom. The van der Waals surface area contributed by atoms with Crippen LogP contribution in [-0.4, -0.2) is 65.1 Å². The minimum Gasteiger partial charge on any atom is -0.459 e. The lowest BCUT2D eigenvalue weighted by molar-refractivity contribution is -0.140. The van der Waals surface area contributed by atoms with Gasteiger partial charge in [0.1, 0.15) is 12.4 Å². The van der Waals surface area contributed by atoms with Gasteiger partial charge >= 0.3 is 0 Å². The Kier molecular flexibility index (Phi) is 6.08. The van der Waals surface area contributed by atoms with Crippen LogP contribution in [0.1, 0.15) is 23.0 Å². The molecule has 1 aliphatic heterocycles. The molecular weight excluding hydrogens is 365 g/mol. The predicted molar refractivity (Wildman–Crippen MR) is 98.7 cm³/mol. The number of halogens is 1. The van der Waals surface area contributed by atoms with Gasteiger partial charge in [-0.2, -0.15) is 0 Å². The van der Waals surface area contributed by atoms with Crippen molar-refractivity contribution < 1.29 is 23.2 Å². The lowest BCUT2D eigenvalue weighted by Gasteiger charge is -2.35. The van der Waals surface area contributed by atoms with Crippen molar-refractivity contribution in [3.8, 4) is 0 Å². The molecule has 2 aromatic rings. The minimum absolute atomic E-state index is 0.0567. The van der Waals surface area contributed by atoms with Crippen LogP contribution in [0.3, 0.4) is 0 Å². The number of hydrogen-bond donors (Lipinski definition) is 0. The summed E-state index contributed by atoms with van der Waals surface area (Å²) in [6.07, 6.45) is 1.45. The summed E-state index contributed by atoms with van der Waals surface area (Å²) in [7, 11) is 0. The number of piperazine rings is 1. The first-order valence-electron chi connectivity index (χ1n) is 9.04. The van der Waals surface area contributed by atoms with Crippen molar-refractivity contribution in [2.24, 2.45) is 0 Å². The van der Waals surface area contributed by atoms with Gasteiger partial charge in [0.2, 0.25) is 11.8 Å². The molecule has 0 unspecified atom stereocenters. The van der Waals surface area contributed by atoms with Gasteiger partial charge in [-0.25, -0.2) is 4.39 Å². The summed E-state index contributed by atoms with van der Waals surface area (Å²) in [4.78, 5) is 41.5. The maximum atomic E-state index is 13.0. The molecule has 1 aliphatic rings. The highest BCUT2D eigenvalue weighted by atomic mass is 19.1. The summed E-state index contributed by atoms with van der Waals surface area (Å²) in [5, 5.41) is 0. The van der Waals surface area contributed by atoms with Gasteiger partial charge in [0.15, 0.2) is 5.76 Å². The summed E-state index contributed by atoms with van der Waals surface area (Å²) < 4.78 is 18.2. The summed E-state index contributed by atoms with van der Waals surface area (Å²) in [5.74, 6) is -0.677. The van der Waals surface area contributed by atoms with Crippen LogP contribution in [0.15, 0.2) is 47.1 Å². The molecule has 1 aromatic carbocycles. The van der Waals surface area contributed by atoms with Crippen LogP contribution in [0.4, 0.5) is 4.39 Å². The summed E-state index contributed by atoms with van der Waals surface area (Å²) in [6.45, 7) is 3.18. The molecule has 3 rings (SSSR count). The Bertz CT molecular complexity index is 828. The van der Waals surface area contributed by atoms with E-state index in [2.05, 4.69) is 0 Å². The molecule has 1 saturated heterocycles. The van der Waals surface area contributed by atoms with Crippen LogP contribution in [0.5, 0.6) is 0 Å². The van der Waals surface area contributed by atoms with E-state index in [9.17, 15) is 18.8 Å². The minimum atomic E-state index is -0.351. The van der Waals surface area contributed by atoms with E-state index in [0.717, 1.165) is 5.56 Å². The zero-order valence-corrected chi connectivity index (χ0v) is 15.6. The lowest BCUT2D eigenvalue weighted by atomic mass is 10.2. The fourth-order valence-electron chi connectivity index (χ4n) is 3.07. The molecule has 0 spiro atoms. The molecule has 0 radical (unpaired) electrons. The van der Waals surface area contributed by atoms with E-state index < -0.39 is 0 Å². The number of carbonyl (C=O) groups is 3. The maximum absolute atomic E-state index is 13.0. The third-order valence-electron chi connectivity index (χ3n) is 4.71. The van der Waals surface area contributed by atoms with Crippen LogP contribution in [0.2, 0.25) is 0 Å². The number of amides is 3. The molecule has 28 heavy (non-hydrogen) atoms. The van der Waals surface area contributed by atoms with Gasteiger partial charge in [-0.3, -0.25) is 14.4 Å². The SMILES string of the molecule is CC(=O)N(CC(=O)N1CCN(C(=O)c2ccco2)CC1)Cc1ccc(F)cc1. The monoisotopic (exact) mass is 387 g/mol. The number of carbonyl (C=O) groups excluding carboxylic acids is 3. The number of furan rings is 1. The molecule has 0 aliphatic carbocycles. The van der Waals surface area contributed by atoms with Crippen molar-refractivity contribution in [3.63, 3.8) is 0 Å². The van der Waals surface area contributed by atoms with Gasteiger partial charge in [0, 0.05) is 39.6 Å². The summed E-state index contributed by atoms with van der Waals surface area (Å²) in [5.41, 5.74) is 0.748. The molecule has 148 valence electrons. The van der Waals surface area contributed by atoms with E-state index in [1.807, 2.05) is 0 Å². The van der Waals surface area contributed by atoms with Crippen molar-refractivity contribution in [1.29, 1.82) is 0 Å². The molecule has 3 amide bonds. The van der Waals surface area contributed by atoms with Gasteiger partial charge in [-0.1, -0.05) is 12.1 Å². The first-order chi connectivity index (χ1) is 13.4. The molecule has 2 heterocycles. The fourth-order valence-corrected chi connectivity index (χ4v) is 3.07. The van der Waals surface area contributed by atoms with Crippen molar-refractivity contribution in [3.05, 3.63) is 59.8 Å². The van der Waals surface area contributed by atoms with E-state index in [1.165, 1.54) is 30.2 Å². The standard InChI is InChI=1S/C20H22FN3O4/c1-15(25)24(13-16-4-6-17(21)7-5-16)14-19(26)22-8-10-23(11-9-22)20(27)18-3-2-12-28-18/h2-7,12H,8-11,13-14H2,1H3. The quantitative estimate of drug-likeness (QED) is 0.784. The van der Waals surface area contributed by atoms with E-state index in [0.29, 0.717) is 26.2 Å². The number of nitrogens with zero attached hydrogens (tertiary/aromatic N) is 3. The topological polar surface area (TPSA) is 74.1 Å². The zero-order chi connectivity index (χ0) is 20.1. The molecule has 0 bridgehead atoms. The fraction of sp³-hybridized carbons (Fsp3) is 0.350. The van der Waals surface area contributed by atoms with Crippen molar-refractivity contribution in [1.82, 2.24) is 14.7 Å². The molecule has 0 atom stereocenters. The second-order valence-electron chi connectivity index (χ2n) is 6.65. The van der Waals surface area contributed by atoms with Crippen molar-refractivity contribution in [2.75, 3.05) is 32.7 Å². The Labute approximate surface area is 162 Å². The zero-order valence-electron chi connectivity index (χ0n) is 15.6. The Balaban J connectivity index is 1.54. The van der Waals surface area contributed by atoms with Crippen LogP contribution in [-0.2, 0) is 16.1 Å². The van der Waals surface area contributed by atoms with Crippen molar-refractivity contribution >= 4 is 17.7 Å². The summed E-state index contributed by atoms with van der Waals surface area (Å²) >= 11 is 0. The summed E-state index contributed by atoms with van der Waals surface area (Å²) in [6, 6.07) is 9.10. The molecule has 1 aromatic heterocycles. The van der Waals surface area contributed by atoms with Gasteiger partial charge in [0.05, 0.1) is 6.26 Å². The van der Waals surface area contributed by atoms with Crippen LogP contribution < -0.4 is 0 Å². The largest absolute Gasteiger partial charge is 0.459 e. The normalized spacial score (nSPS) is 14.1. The maximum Gasteiger partial charge on any atom is 0.289 e. The first kappa shape index (κ1) is 19.6. The number of hydrogen-bond acceptors (Lipinski definition) is 4. The van der Waals surface area contributed by atoms with E-state index in [1.54, 1.807) is 34.1 Å². The smallest absolute Gasteiger partial charge is 0.289 e. The molecular formula is C20H22FN3O4. The number of rotatable bonds is 5. The van der Waals surface area contributed by atoms with E-state index in [4.69, 9.17) is 4.42 Å². The predicted octanol–water partition coefficient (Wildman–Crippen LogP) is 1.75. The third-order valence-corrected chi connectivity index (χ3v) is 4.71. The molecule has 7 nitrogen and oxygen atoms in total. The molecule has 0 N–H and O–H groups in total.